The van der Waals surface area contributed by atoms with Gasteiger partial charge in [0.05, 0.1) is 18.0 Å². The summed E-state index contributed by atoms with van der Waals surface area (Å²) in [5.41, 5.74) is 5.57. The summed E-state index contributed by atoms with van der Waals surface area (Å²) in [6, 6.07) is 0. The highest BCUT2D eigenvalue weighted by Crippen LogP contribution is 2.71. The van der Waals surface area contributed by atoms with E-state index >= 15 is 0 Å². The van der Waals surface area contributed by atoms with Crippen LogP contribution in [0.15, 0.2) is 34.1 Å². The van der Waals surface area contributed by atoms with Crippen LogP contribution in [0.4, 0.5) is 0 Å². The van der Waals surface area contributed by atoms with Crippen molar-refractivity contribution in [3.63, 3.8) is 0 Å². The number of hydrogen-bond donors (Lipinski definition) is 4. The highest BCUT2D eigenvalue weighted by Gasteiger charge is 2.67. The molecule has 0 aromatic carbocycles. The standard InChI is InChI=1S/C22H27NO2.C21H32N2O.C21H28O2/c1-4-22(24)10-8-18-16-6-5-15-11-19-14(13-23-25-19)12-20(15,2)17(16)7-9-21(18,22)3;1-19-11-13-12-22-23-18(13)10-14(19)4-5-15-16(19)6-8-20(2)17(15)7-9-21(20,3)24;1-4-21(23)12-9-18-16-6-5-14-13-15(22)7-10-19(14,2)17(16)8-11-20(18,21)3/h1,11,13,16-18,24H,5-10,12H2,2-3H3;12,14-17,24H,4-11H2,1-3H3,(H,22,23);1,13,16-18,23H,5-12H2,2-3H3/t16?,17?,18?,20-,21-,22-;14?,15?,16?,17?,19-,20-,21-;16?,17?,18?,19-,20-,21-/m000/s1. The molecule has 8 heteroatoms. The number of ketones is 1. The molecule has 8 nitrogen and oxygen atoms in total. The molecule has 12 aliphatic carbocycles. The first kappa shape index (κ1) is 49.4. The molecule has 0 amide bonds. The quantitative estimate of drug-likeness (QED) is 0.193. The monoisotopic (exact) mass is 978 g/mol. The molecule has 2 aromatic rings. The van der Waals surface area contributed by atoms with Crippen molar-refractivity contribution in [3.8, 4) is 24.7 Å². The SMILES string of the molecule is C#C[C@]1(O)CCC2C3CCC4=CC(=O)CC[C@]4(C)C3CC[C@@]21C.C#C[C@]1(O)CCC2C3CCC4=Cc5oncc5C[C@]4(C)C3CC[C@@]21C.C[C@]12Cc3cn[nH]c3CC1CCC1C2CC[C@@]2(C)C1CC[C@]2(C)O. The maximum absolute atomic E-state index is 11.8. The predicted octanol–water partition coefficient (Wildman–Crippen LogP) is 12.2. The Morgan fingerprint density at radius 2 is 1.14 bits per heavy atom. The van der Waals surface area contributed by atoms with Gasteiger partial charge >= 0.3 is 0 Å². The van der Waals surface area contributed by atoms with Crippen LogP contribution in [-0.4, -0.2) is 53.3 Å². The van der Waals surface area contributed by atoms with Gasteiger partial charge in [0.15, 0.2) is 11.5 Å². The Morgan fingerprint density at radius 3 is 1.79 bits per heavy atom. The van der Waals surface area contributed by atoms with Crippen molar-refractivity contribution in [2.75, 3.05) is 0 Å². The summed E-state index contributed by atoms with van der Waals surface area (Å²) in [6.07, 6.45) is 45.0. The fourth-order valence-corrected chi connectivity index (χ4v) is 21.7. The van der Waals surface area contributed by atoms with E-state index in [-0.39, 0.29) is 27.1 Å². The summed E-state index contributed by atoms with van der Waals surface area (Å²) in [7, 11) is 0. The number of allylic oxidation sites excluding steroid dienone is 2. The van der Waals surface area contributed by atoms with Crippen molar-refractivity contribution in [1.29, 1.82) is 0 Å². The zero-order chi connectivity index (χ0) is 50.6. The van der Waals surface area contributed by atoms with Crippen LogP contribution in [0.5, 0.6) is 0 Å². The normalized spacial score (nSPS) is 50.9. The second-order valence-corrected chi connectivity index (χ2v) is 28.5. The molecule has 2 heterocycles. The van der Waals surface area contributed by atoms with E-state index in [0.29, 0.717) is 53.1 Å². The van der Waals surface area contributed by atoms with Crippen LogP contribution < -0.4 is 0 Å². The molecule has 0 spiro atoms. The average molecular weight is 978 g/mol. The molecule has 0 bridgehead atoms. The van der Waals surface area contributed by atoms with Gasteiger partial charge in [-0.05, 0) is 247 Å². The van der Waals surface area contributed by atoms with Crippen molar-refractivity contribution in [2.45, 2.75) is 213 Å². The lowest BCUT2D eigenvalue weighted by Crippen LogP contribution is -2.56. The molecular formula is C64H87N3O5. The zero-order valence-corrected chi connectivity index (χ0v) is 45.1. The number of nitrogens with one attached hydrogen (secondary N) is 1. The van der Waals surface area contributed by atoms with Crippen LogP contribution in [0.3, 0.4) is 0 Å². The fourth-order valence-electron chi connectivity index (χ4n) is 21.7. The largest absolute Gasteiger partial charge is 0.390 e. The molecular weight excluding hydrogens is 891 g/mol. The molecule has 0 saturated heterocycles. The number of carbonyl (C=O) groups excluding carboxylic acids is 1. The Hall–Kier alpha value is -3.43. The number of carbonyl (C=O) groups is 1. The van der Waals surface area contributed by atoms with E-state index in [2.05, 4.69) is 87.9 Å². The van der Waals surface area contributed by atoms with E-state index in [1.54, 1.807) is 5.57 Å². The van der Waals surface area contributed by atoms with Crippen LogP contribution >= 0.6 is 0 Å². The lowest BCUT2D eigenvalue weighted by Gasteiger charge is -2.60. The minimum Gasteiger partial charge on any atom is -0.390 e. The van der Waals surface area contributed by atoms with Crippen molar-refractivity contribution in [3.05, 3.63) is 52.2 Å². The van der Waals surface area contributed by atoms with Gasteiger partial charge in [0.25, 0.3) is 0 Å². The van der Waals surface area contributed by atoms with E-state index in [0.717, 1.165) is 113 Å². The highest BCUT2D eigenvalue weighted by atomic mass is 16.5. The van der Waals surface area contributed by atoms with Crippen LogP contribution in [0.2, 0.25) is 0 Å². The first-order chi connectivity index (χ1) is 34.1. The Balaban J connectivity index is 0.000000111. The summed E-state index contributed by atoms with van der Waals surface area (Å²) < 4.78 is 5.43. The third kappa shape index (κ3) is 6.71. The summed E-state index contributed by atoms with van der Waals surface area (Å²) >= 11 is 0. The lowest BCUT2D eigenvalue weighted by atomic mass is 9.44. The number of hydrogen-bond acceptors (Lipinski definition) is 7. The molecule has 12 aliphatic rings. The molecule has 4 N–H and O–H groups in total. The Kier molecular flexibility index (Phi) is 11.4. The van der Waals surface area contributed by atoms with Crippen molar-refractivity contribution >= 4 is 11.9 Å². The molecule has 72 heavy (non-hydrogen) atoms. The molecule has 14 rings (SSSR count). The van der Waals surface area contributed by atoms with Gasteiger partial charge in [0.2, 0.25) is 0 Å². The zero-order valence-electron chi connectivity index (χ0n) is 45.1. The van der Waals surface area contributed by atoms with Crippen LogP contribution in [0.25, 0.3) is 6.08 Å². The molecule has 2 aromatic heterocycles. The predicted molar refractivity (Wildman–Crippen MR) is 281 cm³/mol. The smallest absolute Gasteiger partial charge is 0.162 e. The molecule has 388 valence electrons. The third-order valence-corrected chi connectivity index (χ3v) is 26.5. The van der Waals surface area contributed by atoms with Gasteiger partial charge in [-0.25, -0.2) is 0 Å². The van der Waals surface area contributed by atoms with Crippen LogP contribution in [-0.2, 0) is 24.1 Å². The Bertz CT molecular complexity index is 2660. The van der Waals surface area contributed by atoms with Crippen molar-refractivity contribution in [1.82, 2.24) is 15.4 Å². The second-order valence-electron chi connectivity index (χ2n) is 28.5. The number of aromatic amines is 1. The average Bonchev–Trinajstić information content (AvgIpc) is 4.17. The first-order valence-corrected chi connectivity index (χ1v) is 29.1. The number of fused-ring (bicyclic) bond motifs is 17. The third-order valence-electron chi connectivity index (χ3n) is 26.5. The maximum atomic E-state index is 11.8. The molecule has 10 unspecified atom stereocenters. The van der Waals surface area contributed by atoms with Gasteiger partial charge in [-0.15, -0.1) is 12.8 Å². The highest BCUT2D eigenvalue weighted by molar-refractivity contribution is 5.91. The Labute approximate surface area is 431 Å². The van der Waals surface area contributed by atoms with Gasteiger partial charge in [0.1, 0.15) is 11.2 Å². The van der Waals surface area contributed by atoms with E-state index < -0.39 is 16.8 Å². The lowest BCUT2D eigenvalue weighted by molar-refractivity contribution is -0.139. The van der Waals surface area contributed by atoms with E-state index in [9.17, 15) is 20.1 Å². The van der Waals surface area contributed by atoms with Gasteiger partial charge in [0, 0.05) is 28.5 Å². The number of aromatic nitrogens is 3. The molecule has 19 atom stereocenters. The van der Waals surface area contributed by atoms with Gasteiger partial charge in [-0.1, -0.05) is 69.7 Å². The molecule has 0 aliphatic heterocycles. The molecule has 0 radical (unpaired) electrons. The summed E-state index contributed by atoms with van der Waals surface area (Å²) in [5.74, 6) is 13.8. The first-order valence-electron chi connectivity index (χ1n) is 29.1. The van der Waals surface area contributed by atoms with Crippen LogP contribution in [0.1, 0.15) is 199 Å². The van der Waals surface area contributed by atoms with Gasteiger partial charge in [-0.3, -0.25) is 9.89 Å². The number of rotatable bonds is 0. The number of H-pyrrole nitrogens is 1. The second kappa shape index (κ2) is 16.5. The number of aliphatic hydroxyl groups is 3. The summed E-state index contributed by atoms with van der Waals surface area (Å²) in [5, 5.41) is 44.7. The van der Waals surface area contributed by atoms with Crippen molar-refractivity contribution < 1.29 is 24.6 Å². The number of terminal acetylenes is 2. The fraction of sp³-hybridized carbons (Fsp3) is 0.766. The van der Waals surface area contributed by atoms with Gasteiger partial charge < -0.3 is 19.8 Å². The Morgan fingerprint density at radius 1 is 0.583 bits per heavy atom. The van der Waals surface area contributed by atoms with Crippen LogP contribution in [0, 0.1) is 116 Å². The minimum atomic E-state index is -0.914. The summed E-state index contributed by atoms with van der Waals surface area (Å²) in [4.78, 5) is 11.8. The van der Waals surface area contributed by atoms with E-state index in [1.165, 1.54) is 80.2 Å². The number of nitrogens with zero attached hydrogens (tertiary/aromatic N) is 2. The topological polar surface area (TPSA) is 132 Å². The van der Waals surface area contributed by atoms with E-state index in [1.807, 2.05) is 12.3 Å². The summed E-state index contributed by atoms with van der Waals surface area (Å²) in [6.45, 7) is 16.4. The van der Waals surface area contributed by atoms with E-state index in [4.69, 9.17) is 17.4 Å². The molecule has 9 saturated carbocycles. The van der Waals surface area contributed by atoms with Gasteiger partial charge in [-0.2, -0.15) is 5.10 Å². The molecule has 9 fully saturated rings. The maximum Gasteiger partial charge on any atom is 0.162 e. The van der Waals surface area contributed by atoms with Crippen molar-refractivity contribution in [2.24, 2.45) is 91.7 Å². The minimum absolute atomic E-state index is 0.114.